The number of nitriles is 1. The number of amides is 2. The molecule has 0 spiro atoms. The maximum Gasteiger partial charge on any atom is 0.282 e. The SMILES string of the molecule is COc1cccc2c1CC[C@H]2NC(=O)[C@H]1CCCN1C(=O)[C@H]1CCCN(S(=O)(=O)N2CC(C#N)C2)C1. The van der Waals surface area contributed by atoms with Crippen LogP contribution in [0.1, 0.15) is 49.3 Å². The minimum absolute atomic E-state index is 0.107. The Morgan fingerprint density at radius 2 is 1.86 bits per heavy atom. The number of carbonyl (C=O) groups excluding carboxylic acids is 2. The number of nitrogens with zero attached hydrogens (tertiary/aromatic N) is 4. The number of hydrogen-bond donors (Lipinski definition) is 1. The summed E-state index contributed by atoms with van der Waals surface area (Å²) in [7, 11) is -2.04. The molecule has 1 aliphatic carbocycles. The number of nitrogens with one attached hydrogen (secondary N) is 1. The second-order valence-electron chi connectivity index (χ2n) is 10.2. The van der Waals surface area contributed by atoms with Gasteiger partial charge in [0.2, 0.25) is 11.8 Å². The van der Waals surface area contributed by atoms with Crippen molar-refractivity contribution < 1.29 is 22.7 Å². The topological polar surface area (TPSA) is 123 Å². The van der Waals surface area contributed by atoms with Gasteiger partial charge in [-0.25, -0.2) is 0 Å². The highest BCUT2D eigenvalue weighted by molar-refractivity contribution is 7.86. The number of fused-ring (bicyclic) bond motifs is 1. The molecule has 36 heavy (non-hydrogen) atoms. The van der Waals surface area contributed by atoms with Crippen LogP contribution in [-0.4, -0.2) is 79.6 Å². The number of likely N-dealkylation sites (tertiary alicyclic amines) is 1. The van der Waals surface area contributed by atoms with Crippen molar-refractivity contribution in [3.05, 3.63) is 29.3 Å². The molecule has 0 radical (unpaired) electrons. The molecule has 3 atom stereocenters. The van der Waals surface area contributed by atoms with Gasteiger partial charge in [-0.1, -0.05) is 12.1 Å². The first kappa shape index (κ1) is 25.0. The van der Waals surface area contributed by atoms with E-state index in [1.165, 1.54) is 8.61 Å². The van der Waals surface area contributed by atoms with Crippen LogP contribution in [-0.2, 0) is 26.2 Å². The zero-order valence-electron chi connectivity index (χ0n) is 20.6. The predicted octanol–water partition coefficient (Wildman–Crippen LogP) is 1.20. The van der Waals surface area contributed by atoms with Gasteiger partial charge >= 0.3 is 0 Å². The molecule has 0 aromatic heterocycles. The number of carbonyl (C=O) groups is 2. The molecule has 2 amide bonds. The molecule has 1 aromatic carbocycles. The van der Waals surface area contributed by atoms with Gasteiger partial charge in [0.25, 0.3) is 10.2 Å². The zero-order chi connectivity index (χ0) is 25.4. The van der Waals surface area contributed by atoms with E-state index in [0.717, 1.165) is 36.1 Å². The Kier molecular flexibility index (Phi) is 6.94. The summed E-state index contributed by atoms with van der Waals surface area (Å²) in [5.41, 5.74) is 2.19. The van der Waals surface area contributed by atoms with Crippen molar-refractivity contribution in [1.29, 1.82) is 5.26 Å². The Morgan fingerprint density at radius 1 is 1.08 bits per heavy atom. The molecule has 3 saturated heterocycles. The molecule has 3 aliphatic heterocycles. The molecule has 5 rings (SSSR count). The Hall–Kier alpha value is -2.68. The van der Waals surface area contributed by atoms with Crippen molar-refractivity contribution in [2.45, 2.75) is 50.6 Å². The maximum atomic E-state index is 13.5. The Labute approximate surface area is 212 Å². The number of rotatable bonds is 6. The monoisotopic (exact) mass is 515 g/mol. The van der Waals surface area contributed by atoms with E-state index < -0.39 is 22.2 Å². The van der Waals surface area contributed by atoms with Crippen LogP contribution >= 0.6 is 0 Å². The van der Waals surface area contributed by atoms with Gasteiger partial charge in [-0.2, -0.15) is 22.3 Å². The average Bonchev–Trinajstić information content (AvgIpc) is 3.50. The van der Waals surface area contributed by atoms with Crippen molar-refractivity contribution in [1.82, 2.24) is 18.8 Å². The van der Waals surface area contributed by atoms with Gasteiger partial charge in [0, 0.05) is 32.7 Å². The summed E-state index contributed by atoms with van der Waals surface area (Å²) < 4.78 is 34.1. The number of piperidine rings is 1. The summed E-state index contributed by atoms with van der Waals surface area (Å²) in [4.78, 5) is 28.5. The van der Waals surface area contributed by atoms with E-state index in [2.05, 4.69) is 11.4 Å². The quantitative estimate of drug-likeness (QED) is 0.607. The van der Waals surface area contributed by atoms with Crippen molar-refractivity contribution in [3.8, 4) is 11.8 Å². The lowest BCUT2D eigenvalue weighted by atomic mass is 9.97. The summed E-state index contributed by atoms with van der Waals surface area (Å²) in [6, 6.07) is 7.32. The third-order valence-corrected chi connectivity index (χ3v) is 9.95. The molecule has 1 aromatic rings. The third kappa shape index (κ3) is 4.46. The van der Waals surface area contributed by atoms with E-state index in [1.807, 2.05) is 18.2 Å². The molecule has 0 unspecified atom stereocenters. The van der Waals surface area contributed by atoms with Gasteiger partial charge in [0.15, 0.2) is 0 Å². The number of benzene rings is 1. The zero-order valence-corrected chi connectivity index (χ0v) is 21.4. The summed E-state index contributed by atoms with van der Waals surface area (Å²) in [6.45, 7) is 1.41. The first-order chi connectivity index (χ1) is 17.3. The predicted molar refractivity (Wildman–Crippen MR) is 131 cm³/mol. The third-order valence-electron chi connectivity index (χ3n) is 8.02. The van der Waals surface area contributed by atoms with E-state index in [9.17, 15) is 18.0 Å². The molecular formula is C25H33N5O5S. The lowest BCUT2D eigenvalue weighted by Crippen LogP contribution is -2.57. The molecule has 10 nitrogen and oxygen atoms in total. The van der Waals surface area contributed by atoms with Gasteiger partial charge in [0.1, 0.15) is 11.8 Å². The minimum atomic E-state index is -3.68. The van der Waals surface area contributed by atoms with Crippen molar-refractivity contribution in [2.75, 3.05) is 39.8 Å². The second-order valence-corrected chi connectivity index (χ2v) is 12.1. The standard InChI is InChI=1S/C25H33N5O5S/c1-35-23-8-2-6-19-20(23)9-10-21(19)27-24(31)22-7-4-12-30(22)25(32)18-5-3-11-28(16-18)36(33,34)29-14-17(13-26)15-29/h2,6,8,17-18,21-22H,3-5,7,9-12,14-16H2,1H3,(H,27,31)/t18-,21+,22+/m0/s1. The van der Waals surface area contributed by atoms with E-state index in [-0.39, 0.29) is 43.4 Å². The molecule has 4 aliphatic rings. The fourth-order valence-corrected chi connectivity index (χ4v) is 7.78. The largest absolute Gasteiger partial charge is 0.496 e. The summed E-state index contributed by atoms with van der Waals surface area (Å²) in [6.07, 6.45) is 4.17. The first-order valence-corrected chi connectivity index (χ1v) is 14.1. The van der Waals surface area contributed by atoms with E-state index >= 15 is 0 Å². The van der Waals surface area contributed by atoms with Crippen molar-refractivity contribution in [2.24, 2.45) is 11.8 Å². The molecule has 194 valence electrons. The lowest BCUT2D eigenvalue weighted by Gasteiger charge is -2.41. The van der Waals surface area contributed by atoms with E-state index in [1.54, 1.807) is 12.0 Å². The maximum absolute atomic E-state index is 13.5. The summed E-state index contributed by atoms with van der Waals surface area (Å²) in [5, 5.41) is 12.1. The Morgan fingerprint density at radius 3 is 2.61 bits per heavy atom. The van der Waals surface area contributed by atoms with Crippen molar-refractivity contribution >= 4 is 22.0 Å². The average molecular weight is 516 g/mol. The minimum Gasteiger partial charge on any atom is -0.496 e. The summed E-state index contributed by atoms with van der Waals surface area (Å²) in [5.74, 6) is -0.185. The molecule has 1 N–H and O–H groups in total. The van der Waals surface area contributed by atoms with Crippen LogP contribution in [0.5, 0.6) is 5.75 Å². The van der Waals surface area contributed by atoms with E-state index in [0.29, 0.717) is 32.4 Å². The fraction of sp³-hybridized carbons (Fsp3) is 0.640. The van der Waals surface area contributed by atoms with Gasteiger partial charge in [-0.15, -0.1) is 0 Å². The molecular weight excluding hydrogens is 482 g/mol. The smallest absolute Gasteiger partial charge is 0.282 e. The highest BCUT2D eigenvalue weighted by Gasteiger charge is 2.44. The van der Waals surface area contributed by atoms with Gasteiger partial charge < -0.3 is 15.0 Å². The van der Waals surface area contributed by atoms with Crippen LogP contribution < -0.4 is 10.1 Å². The van der Waals surface area contributed by atoms with Crippen LogP contribution in [0.3, 0.4) is 0 Å². The Balaban J connectivity index is 1.23. The molecule has 3 fully saturated rings. The molecule has 11 heteroatoms. The summed E-state index contributed by atoms with van der Waals surface area (Å²) >= 11 is 0. The van der Waals surface area contributed by atoms with Crippen molar-refractivity contribution in [3.63, 3.8) is 0 Å². The van der Waals surface area contributed by atoms with Gasteiger partial charge in [-0.3, -0.25) is 9.59 Å². The van der Waals surface area contributed by atoms with Crippen LogP contribution in [0.2, 0.25) is 0 Å². The molecule has 3 heterocycles. The first-order valence-electron chi connectivity index (χ1n) is 12.7. The van der Waals surface area contributed by atoms with Crippen LogP contribution in [0.25, 0.3) is 0 Å². The highest BCUT2D eigenvalue weighted by Crippen LogP contribution is 2.37. The number of methoxy groups -OCH3 is 1. The second kappa shape index (κ2) is 10.00. The normalized spacial score (nSPS) is 27.2. The number of ether oxygens (including phenoxy) is 1. The molecule has 0 saturated carbocycles. The fourth-order valence-electron chi connectivity index (χ4n) is 5.99. The van der Waals surface area contributed by atoms with Crippen LogP contribution in [0, 0.1) is 23.2 Å². The van der Waals surface area contributed by atoms with Gasteiger partial charge in [0.05, 0.1) is 31.1 Å². The highest BCUT2D eigenvalue weighted by atomic mass is 32.2. The molecule has 0 bridgehead atoms. The van der Waals surface area contributed by atoms with Crippen LogP contribution in [0.4, 0.5) is 0 Å². The number of hydrogen-bond acceptors (Lipinski definition) is 6. The Bertz CT molecular complexity index is 1180. The van der Waals surface area contributed by atoms with Crippen LogP contribution in [0.15, 0.2) is 18.2 Å². The lowest BCUT2D eigenvalue weighted by molar-refractivity contribution is -0.142. The van der Waals surface area contributed by atoms with Gasteiger partial charge in [-0.05, 0) is 55.7 Å². The van der Waals surface area contributed by atoms with E-state index in [4.69, 9.17) is 10.00 Å².